The van der Waals surface area contributed by atoms with E-state index in [4.69, 9.17) is 15.9 Å². The Bertz CT molecular complexity index is 714. The second kappa shape index (κ2) is 7.13. The van der Waals surface area contributed by atoms with E-state index < -0.39 is 5.24 Å². The Labute approximate surface area is 134 Å². The van der Waals surface area contributed by atoms with Crippen molar-refractivity contribution in [3.8, 4) is 11.5 Å². The van der Waals surface area contributed by atoms with Gasteiger partial charge in [-0.05, 0) is 54.4 Å². The topological polar surface area (TPSA) is 76.2 Å². The standard InChI is InChI=1S/C17H18N2O2S/c1-11-5-3-4-6-14(11)21-15-9-13(8-7-12(15)2)10-16(18)22-17(19)20/h3-9,18H,10H2,1-2H3,(H2,19,20). The maximum atomic E-state index is 10.8. The first-order valence-electron chi connectivity index (χ1n) is 6.83. The number of hydrogen-bond acceptors (Lipinski definition) is 4. The van der Waals surface area contributed by atoms with Crippen LogP contribution in [-0.2, 0) is 6.42 Å². The zero-order valence-corrected chi connectivity index (χ0v) is 13.4. The van der Waals surface area contributed by atoms with Crippen molar-refractivity contribution < 1.29 is 9.53 Å². The van der Waals surface area contributed by atoms with Crippen LogP contribution in [0, 0.1) is 19.3 Å². The maximum Gasteiger partial charge on any atom is 0.282 e. The summed E-state index contributed by atoms with van der Waals surface area (Å²) in [4.78, 5) is 10.8. The average molecular weight is 314 g/mol. The van der Waals surface area contributed by atoms with Gasteiger partial charge in [-0.15, -0.1) is 0 Å². The first-order chi connectivity index (χ1) is 10.5. The van der Waals surface area contributed by atoms with Crippen LogP contribution in [0.1, 0.15) is 16.7 Å². The third-order valence-electron chi connectivity index (χ3n) is 3.15. The van der Waals surface area contributed by atoms with Gasteiger partial charge < -0.3 is 10.5 Å². The van der Waals surface area contributed by atoms with Crippen LogP contribution in [0.2, 0.25) is 0 Å². The van der Waals surface area contributed by atoms with Gasteiger partial charge in [0, 0.05) is 6.42 Å². The highest BCUT2D eigenvalue weighted by Crippen LogP contribution is 2.28. The summed E-state index contributed by atoms with van der Waals surface area (Å²) >= 11 is 0.747. The number of rotatable bonds is 4. The summed E-state index contributed by atoms with van der Waals surface area (Å²) in [6.45, 7) is 3.97. The molecule has 22 heavy (non-hydrogen) atoms. The molecule has 0 fully saturated rings. The van der Waals surface area contributed by atoms with Gasteiger partial charge in [-0.2, -0.15) is 0 Å². The quantitative estimate of drug-likeness (QED) is 0.647. The molecule has 1 amide bonds. The number of aryl methyl sites for hydroxylation is 2. The van der Waals surface area contributed by atoms with Crippen LogP contribution >= 0.6 is 11.8 Å². The Morgan fingerprint density at radius 2 is 1.82 bits per heavy atom. The number of nitrogens with two attached hydrogens (primary N) is 1. The summed E-state index contributed by atoms with van der Waals surface area (Å²) in [5.74, 6) is 1.56. The molecular weight excluding hydrogens is 296 g/mol. The van der Waals surface area contributed by atoms with Crippen molar-refractivity contribution in [2.24, 2.45) is 5.73 Å². The van der Waals surface area contributed by atoms with Gasteiger partial charge in [0.25, 0.3) is 5.24 Å². The number of thioether (sulfide) groups is 1. The summed E-state index contributed by atoms with van der Waals surface area (Å²) in [6, 6.07) is 13.6. The molecule has 0 spiro atoms. The Morgan fingerprint density at radius 1 is 1.14 bits per heavy atom. The smallest absolute Gasteiger partial charge is 0.282 e. The number of carbonyl (C=O) groups excluding carboxylic acids is 1. The fourth-order valence-corrected chi connectivity index (χ4v) is 2.48. The summed E-state index contributed by atoms with van der Waals surface area (Å²) in [7, 11) is 0. The fraction of sp³-hybridized carbons (Fsp3) is 0.176. The van der Waals surface area contributed by atoms with E-state index >= 15 is 0 Å². The van der Waals surface area contributed by atoms with E-state index in [1.165, 1.54) is 0 Å². The van der Waals surface area contributed by atoms with E-state index in [2.05, 4.69) is 0 Å². The molecule has 0 aromatic heterocycles. The second-order valence-electron chi connectivity index (χ2n) is 4.99. The molecule has 0 aliphatic rings. The molecule has 114 valence electrons. The van der Waals surface area contributed by atoms with E-state index in [0.717, 1.165) is 40.0 Å². The largest absolute Gasteiger partial charge is 0.457 e. The monoisotopic (exact) mass is 314 g/mol. The first-order valence-corrected chi connectivity index (χ1v) is 7.65. The lowest BCUT2D eigenvalue weighted by Gasteiger charge is -2.12. The number of carbonyl (C=O) groups is 1. The van der Waals surface area contributed by atoms with Gasteiger partial charge in [-0.25, -0.2) is 0 Å². The van der Waals surface area contributed by atoms with Crippen molar-refractivity contribution in [1.82, 2.24) is 0 Å². The minimum Gasteiger partial charge on any atom is -0.457 e. The predicted molar refractivity (Wildman–Crippen MR) is 91.0 cm³/mol. The molecule has 0 saturated heterocycles. The van der Waals surface area contributed by atoms with Crippen molar-refractivity contribution in [2.45, 2.75) is 20.3 Å². The molecule has 0 heterocycles. The number of ether oxygens (including phenoxy) is 1. The van der Waals surface area contributed by atoms with E-state index in [0.29, 0.717) is 6.42 Å². The number of nitrogens with one attached hydrogen (secondary N) is 1. The Balaban J connectivity index is 2.18. The van der Waals surface area contributed by atoms with Crippen LogP contribution in [0.5, 0.6) is 11.5 Å². The highest BCUT2D eigenvalue weighted by Gasteiger charge is 2.08. The van der Waals surface area contributed by atoms with Crippen molar-refractivity contribution in [1.29, 1.82) is 5.41 Å². The molecule has 2 aromatic carbocycles. The third-order valence-corrected chi connectivity index (χ3v) is 3.75. The van der Waals surface area contributed by atoms with Crippen LogP contribution in [0.3, 0.4) is 0 Å². The number of amides is 1. The molecule has 2 rings (SSSR count). The van der Waals surface area contributed by atoms with Gasteiger partial charge in [-0.1, -0.05) is 30.3 Å². The summed E-state index contributed by atoms with van der Waals surface area (Å²) < 4.78 is 5.97. The van der Waals surface area contributed by atoms with Crippen molar-refractivity contribution >= 4 is 22.0 Å². The summed E-state index contributed by atoms with van der Waals surface area (Å²) in [6.07, 6.45) is 0.359. The van der Waals surface area contributed by atoms with E-state index in [1.807, 2.05) is 56.3 Å². The number of benzene rings is 2. The molecule has 5 heteroatoms. The molecule has 0 radical (unpaired) electrons. The Kier molecular flexibility index (Phi) is 5.22. The van der Waals surface area contributed by atoms with Crippen LogP contribution in [-0.4, -0.2) is 10.3 Å². The zero-order valence-electron chi connectivity index (χ0n) is 12.6. The van der Waals surface area contributed by atoms with Gasteiger partial charge in [-0.3, -0.25) is 10.2 Å². The highest BCUT2D eigenvalue weighted by molar-refractivity contribution is 8.26. The minimum atomic E-state index is -0.562. The van der Waals surface area contributed by atoms with Crippen molar-refractivity contribution in [2.75, 3.05) is 0 Å². The first kappa shape index (κ1) is 16.1. The third kappa shape index (κ3) is 4.36. The molecule has 0 unspecified atom stereocenters. The number of para-hydroxylation sites is 1. The SMILES string of the molecule is Cc1ccccc1Oc1cc(CC(=N)SC(N)=O)ccc1C. The predicted octanol–water partition coefficient (Wildman–Crippen LogP) is 4.43. The lowest BCUT2D eigenvalue weighted by atomic mass is 10.1. The molecule has 0 atom stereocenters. The number of primary amides is 1. The van der Waals surface area contributed by atoms with Gasteiger partial charge in [0.05, 0.1) is 5.04 Å². The summed E-state index contributed by atoms with van der Waals surface area (Å²) in [5.41, 5.74) is 8.06. The highest BCUT2D eigenvalue weighted by atomic mass is 32.2. The second-order valence-corrected chi connectivity index (χ2v) is 6.09. The van der Waals surface area contributed by atoms with Gasteiger partial charge >= 0.3 is 0 Å². The molecule has 4 nitrogen and oxygen atoms in total. The van der Waals surface area contributed by atoms with E-state index in [-0.39, 0.29) is 5.04 Å². The molecule has 0 aliphatic carbocycles. The van der Waals surface area contributed by atoms with Gasteiger partial charge in [0.15, 0.2) is 0 Å². The molecule has 2 aromatic rings. The Hall–Kier alpha value is -2.27. The van der Waals surface area contributed by atoms with Crippen LogP contribution in [0.25, 0.3) is 0 Å². The van der Waals surface area contributed by atoms with Crippen molar-refractivity contribution in [3.05, 3.63) is 59.2 Å². The minimum absolute atomic E-state index is 0.221. The van der Waals surface area contributed by atoms with Crippen LogP contribution in [0.4, 0.5) is 4.79 Å². The van der Waals surface area contributed by atoms with Crippen molar-refractivity contribution in [3.63, 3.8) is 0 Å². The van der Waals surface area contributed by atoms with E-state index in [1.54, 1.807) is 0 Å². The molecular formula is C17H18N2O2S. The lowest BCUT2D eigenvalue weighted by molar-refractivity contribution is 0.267. The number of hydrogen-bond donors (Lipinski definition) is 2. The van der Waals surface area contributed by atoms with Gasteiger partial charge in [0.1, 0.15) is 11.5 Å². The average Bonchev–Trinajstić information content (AvgIpc) is 2.44. The van der Waals surface area contributed by atoms with E-state index in [9.17, 15) is 4.79 Å². The normalized spacial score (nSPS) is 10.3. The zero-order chi connectivity index (χ0) is 16.1. The van der Waals surface area contributed by atoms with Gasteiger partial charge in [0.2, 0.25) is 0 Å². The molecule has 3 N–H and O–H groups in total. The molecule has 0 saturated carbocycles. The molecule has 0 bridgehead atoms. The van der Waals surface area contributed by atoms with Crippen LogP contribution < -0.4 is 10.5 Å². The van der Waals surface area contributed by atoms with Crippen LogP contribution in [0.15, 0.2) is 42.5 Å². The fourth-order valence-electron chi connectivity index (χ4n) is 2.00. The molecule has 0 aliphatic heterocycles. The Morgan fingerprint density at radius 3 is 2.50 bits per heavy atom. The lowest BCUT2D eigenvalue weighted by Crippen LogP contribution is -2.08. The summed E-state index contributed by atoms with van der Waals surface area (Å²) in [5, 5.41) is 7.42. The maximum absolute atomic E-state index is 10.8.